The van der Waals surface area contributed by atoms with Gasteiger partial charge in [-0.25, -0.2) is 4.98 Å². The van der Waals surface area contributed by atoms with Gasteiger partial charge < -0.3 is 16.4 Å². The molecule has 1 heterocycles. The molecule has 1 saturated carbocycles. The van der Waals surface area contributed by atoms with Crippen molar-refractivity contribution in [1.82, 2.24) is 10.3 Å². The number of hydrogen-bond acceptors (Lipinski definition) is 5. The number of anilines is 2. The number of nitrogens with zero attached hydrogens (tertiary/aromatic N) is 1. The number of amides is 1. The summed E-state index contributed by atoms with van der Waals surface area (Å²) >= 11 is 1.32. The highest BCUT2D eigenvalue weighted by atomic mass is 32.1. The number of nitrogens with two attached hydrogens (primary N) is 1. The number of carbonyl (C=O) groups is 1. The van der Waals surface area contributed by atoms with Crippen LogP contribution in [0.2, 0.25) is 0 Å². The third-order valence-corrected chi connectivity index (χ3v) is 4.96. The van der Waals surface area contributed by atoms with Gasteiger partial charge in [0.25, 0.3) is 5.91 Å². The minimum absolute atomic E-state index is 0.0968. The molecule has 1 amide bonds. The first-order chi connectivity index (χ1) is 9.95. The topological polar surface area (TPSA) is 80.0 Å². The molecule has 0 unspecified atom stereocenters. The largest absolute Gasteiger partial charge is 0.382 e. The second-order valence-electron chi connectivity index (χ2n) is 6.37. The zero-order chi connectivity index (χ0) is 15.4. The van der Waals surface area contributed by atoms with Crippen molar-refractivity contribution in [3.05, 3.63) is 4.88 Å². The highest BCUT2D eigenvalue weighted by Gasteiger charge is 2.21. The van der Waals surface area contributed by atoms with Gasteiger partial charge in [0.15, 0.2) is 5.13 Å². The van der Waals surface area contributed by atoms with E-state index < -0.39 is 0 Å². The van der Waals surface area contributed by atoms with Crippen LogP contribution in [0.1, 0.15) is 56.1 Å². The lowest BCUT2D eigenvalue weighted by Gasteiger charge is -2.26. The molecular formula is C15H26N4OS. The molecule has 0 aromatic carbocycles. The van der Waals surface area contributed by atoms with Gasteiger partial charge in [-0.3, -0.25) is 4.79 Å². The number of rotatable bonds is 5. The van der Waals surface area contributed by atoms with Gasteiger partial charge in [0.2, 0.25) is 0 Å². The van der Waals surface area contributed by atoms with Crippen LogP contribution < -0.4 is 16.4 Å². The lowest BCUT2D eigenvalue weighted by atomic mass is 9.83. The zero-order valence-corrected chi connectivity index (χ0v) is 13.9. The minimum atomic E-state index is -0.0968. The highest BCUT2D eigenvalue weighted by molar-refractivity contribution is 7.18. The van der Waals surface area contributed by atoms with E-state index in [1.54, 1.807) is 0 Å². The van der Waals surface area contributed by atoms with Gasteiger partial charge >= 0.3 is 0 Å². The van der Waals surface area contributed by atoms with Crippen LogP contribution >= 0.6 is 11.3 Å². The van der Waals surface area contributed by atoms with Crippen LogP contribution in [0.5, 0.6) is 0 Å². The molecule has 0 radical (unpaired) electrons. The summed E-state index contributed by atoms with van der Waals surface area (Å²) in [6.07, 6.45) is 4.96. The number of thiazole rings is 1. The second kappa shape index (κ2) is 7.11. The average molecular weight is 310 g/mol. The van der Waals surface area contributed by atoms with Crippen molar-refractivity contribution in [2.75, 3.05) is 17.6 Å². The molecular weight excluding hydrogens is 284 g/mol. The quantitative estimate of drug-likeness (QED) is 0.780. The maximum absolute atomic E-state index is 12.2. The van der Waals surface area contributed by atoms with E-state index in [1.807, 2.05) is 13.8 Å². The maximum atomic E-state index is 12.2. The Morgan fingerprint density at radius 3 is 2.67 bits per heavy atom. The predicted molar refractivity (Wildman–Crippen MR) is 88.7 cm³/mol. The van der Waals surface area contributed by atoms with Crippen molar-refractivity contribution in [3.8, 4) is 0 Å². The summed E-state index contributed by atoms with van der Waals surface area (Å²) in [6, 6.07) is 0.274. The summed E-state index contributed by atoms with van der Waals surface area (Å²) in [7, 11) is 0. The van der Waals surface area contributed by atoms with E-state index in [4.69, 9.17) is 5.73 Å². The molecule has 1 fully saturated rings. The van der Waals surface area contributed by atoms with Gasteiger partial charge in [0, 0.05) is 12.6 Å². The number of nitrogen functional groups attached to an aromatic ring is 1. The van der Waals surface area contributed by atoms with Crippen LogP contribution in [0.25, 0.3) is 0 Å². The maximum Gasteiger partial charge on any atom is 0.265 e. The van der Waals surface area contributed by atoms with Gasteiger partial charge in [-0.05, 0) is 38.5 Å². The van der Waals surface area contributed by atoms with E-state index in [2.05, 4.69) is 22.5 Å². The van der Waals surface area contributed by atoms with Gasteiger partial charge in [0.1, 0.15) is 10.7 Å². The van der Waals surface area contributed by atoms with Crippen molar-refractivity contribution in [1.29, 1.82) is 0 Å². The lowest BCUT2D eigenvalue weighted by Crippen LogP contribution is -2.31. The SMILES string of the molecule is CC1CCC(CNC(=O)c2sc(NC(C)C)nc2N)CC1. The van der Waals surface area contributed by atoms with Crippen LogP contribution in [-0.2, 0) is 0 Å². The van der Waals surface area contributed by atoms with Crippen molar-refractivity contribution >= 4 is 28.2 Å². The fourth-order valence-corrected chi connectivity index (χ4v) is 3.60. The summed E-state index contributed by atoms with van der Waals surface area (Å²) < 4.78 is 0. The van der Waals surface area contributed by atoms with E-state index in [0.29, 0.717) is 21.7 Å². The molecule has 6 heteroatoms. The summed E-state index contributed by atoms with van der Waals surface area (Å²) in [5.74, 6) is 1.66. The smallest absolute Gasteiger partial charge is 0.265 e. The molecule has 0 bridgehead atoms. The molecule has 5 nitrogen and oxygen atoms in total. The Morgan fingerprint density at radius 1 is 1.38 bits per heavy atom. The monoisotopic (exact) mass is 310 g/mol. The Morgan fingerprint density at radius 2 is 2.05 bits per heavy atom. The first kappa shape index (κ1) is 16.1. The Bertz CT molecular complexity index is 478. The van der Waals surface area contributed by atoms with Crippen molar-refractivity contribution in [2.45, 2.75) is 52.5 Å². The van der Waals surface area contributed by atoms with Crippen molar-refractivity contribution in [3.63, 3.8) is 0 Å². The van der Waals surface area contributed by atoms with E-state index in [0.717, 1.165) is 12.5 Å². The molecule has 21 heavy (non-hydrogen) atoms. The van der Waals surface area contributed by atoms with Gasteiger partial charge in [-0.15, -0.1) is 0 Å². The fraction of sp³-hybridized carbons (Fsp3) is 0.733. The number of hydrogen-bond donors (Lipinski definition) is 3. The van der Waals surface area contributed by atoms with Crippen LogP contribution in [0, 0.1) is 11.8 Å². The predicted octanol–water partition coefficient (Wildman–Crippen LogP) is 3.10. The molecule has 0 aliphatic heterocycles. The molecule has 0 atom stereocenters. The average Bonchev–Trinajstić information content (AvgIpc) is 2.77. The van der Waals surface area contributed by atoms with Crippen molar-refractivity contribution < 1.29 is 4.79 Å². The van der Waals surface area contributed by atoms with Crippen LogP contribution in [0.4, 0.5) is 10.9 Å². The Hall–Kier alpha value is -1.30. The van der Waals surface area contributed by atoms with E-state index >= 15 is 0 Å². The van der Waals surface area contributed by atoms with Crippen molar-refractivity contribution in [2.24, 2.45) is 11.8 Å². The number of nitrogens with one attached hydrogen (secondary N) is 2. The molecule has 118 valence electrons. The highest BCUT2D eigenvalue weighted by Crippen LogP contribution is 2.28. The Labute approximate surface area is 130 Å². The van der Waals surface area contributed by atoms with E-state index in [-0.39, 0.29) is 11.9 Å². The molecule has 1 aromatic heterocycles. The summed E-state index contributed by atoms with van der Waals surface area (Å²) in [6.45, 7) is 7.11. The Kier molecular flexibility index (Phi) is 5.45. The molecule has 0 spiro atoms. The third kappa shape index (κ3) is 4.59. The number of carbonyl (C=O) groups excluding carboxylic acids is 1. The minimum Gasteiger partial charge on any atom is -0.382 e. The Balaban J connectivity index is 1.87. The molecule has 2 rings (SSSR count). The first-order valence-electron chi connectivity index (χ1n) is 7.76. The zero-order valence-electron chi connectivity index (χ0n) is 13.1. The molecule has 1 aliphatic carbocycles. The van der Waals surface area contributed by atoms with Crippen LogP contribution in [-0.4, -0.2) is 23.5 Å². The fourth-order valence-electron chi connectivity index (χ4n) is 2.65. The molecule has 1 aliphatic rings. The molecule has 1 aromatic rings. The first-order valence-corrected chi connectivity index (χ1v) is 8.58. The lowest BCUT2D eigenvalue weighted by molar-refractivity contribution is 0.0946. The summed E-state index contributed by atoms with van der Waals surface area (Å²) in [5.41, 5.74) is 5.84. The number of aromatic nitrogens is 1. The second-order valence-corrected chi connectivity index (χ2v) is 7.37. The van der Waals surface area contributed by atoms with E-state index in [9.17, 15) is 4.79 Å². The van der Waals surface area contributed by atoms with Gasteiger partial charge in [-0.2, -0.15) is 0 Å². The third-order valence-electron chi connectivity index (χ3n) is 3.96. The molecule has 0 saturated heterocycles. The van der Waals surface area contributed by atoms with Crippen LogP contribution in [0.3, 0.4) is 0 Å². The summed E-state index contributed by atoms with van der Waals surface area (Å²) in [5, 5.41) is 6.90. The summed E-state index contributed by atoms with van der Waals surface area (Å²) in [4.78, 5) is 16.9. The standard InChI is InChI=1S/C15H26N4OS/c1-9(2)18-15-19-13(16)12(21-15)14(20)17-8-11-6-4-10(3)5-7-11/h9-11H,4-8,16H2,1-3H3,(H,17,20)(H,18,19). The molecule has 4 N–H and O–H groups in total. The van der Waals surface area contributed by atoms with Gasteiger partial charge in [0.05, 0.1) is 0 Å². The van der Waals surface area contributed by atoms with Crippen LogP contribution in [0.15, 0.2) is 0 Å². The van der Waals surface area contributed by atoms with E-state index in [1.165, 1.54) is 37.0 Å². The normalized spacial score (nSPS) is 22.3. The van der Waals surface area contributed by atoms with Gasteiger partial charge in [-0.1, -0.05) is 31.1 Å².